The van der Waals surface area contributed by atoms with E-state index in [0.29, 0.717) is 0 Å². The first kappa shape index (κ1) is 15.5. The van der Waals surface area contributed by atoms with E-state index in [2.05, 4.69) is 35.3 Å². The van der Waals surface area contributed by atoms with E-state index in [0.717, 1.165) is 39.4 Å². The number of hydrogen-bond acceptors (Lipinski definition) is 3. The molecule has 3 aromatic heterocycles. The fraction of sp³-hybridized carbons (Fsp3) is 0. The number of hydrogen-bond donors (Lipinski definition) is 0. The van der Waals surface area contributed by atoms with Gasteiger partial charge in [-0.15, -0.1) is 0 Å². The first-order valence-corrected chi connectivity index (χ1v) is 8.81. The van der Waals surface area contributed by atoms with Gasteiger partial charge in [0.25, 0.3) is 0 Å². The average Bonchev–Trinajstić information content (AvgIpc) is 3.14. The molecule has 27 heavy (non-hydrogen) atoms. The van der Waals surface area contributed by atoms with Crippen molar-refractivity contribution in [1.82, 2.24) is 19.6 Å². The summed E-state index contributed by atoms with van der Waals surface area (Å²) >= 11 is 0. The summed E-state index contributed by atoms with van der Waals surface area (Å²) in [5.74, 6) is 0.834. The summed E-state index contributed by atoms with van der Waals surface area (Å²) in [6.45, 7) is 0. The number of nitrogens with zero attached hydrogens (tertiary/aromatic N) is 4. The monoisotopic (exact) mass is 348 g/mol. The largest absolute Gasteiger partial charge is 0.265 e. The molecule has 0 radical (unpaired) electrons. The summed E-state index contributed by atoms with van der Waals surface area (Å²) in [5.41, 5.74) is 5.95. The second-order valence-electron chi connectivity index (χ2n) is 6.27. The van der Waals surface area contributed by atoms with E-state index < -0.39 is 0 Å². The molecule has 4 nitrogen and oxygen atoms in total. The van der Waals surface area contributed by atoms with E-state index in [4.69, 9.17) is 10.1 Å². The minimum Gasteiger partial charge on any atom is -0.265 e. The lowest BCUT2D eigenvalue weighted by Gasteiger charge is -2.04. The van der Waals surface area contributed by atoms with Crippen LogP contribution in [0.4, 0.5) is 0 Å². The molecule has 0 saturated carbocycles. The predicted molar refractivity (Wildman–Crippen MR) is 107 cm³/mol. The number of rotatable bonds is 3. The Morgan fingerprint density at radius 2 is 1.26 bits per heavy atom. The highest BCUT2D eigenvalue weighted by Gasteiger charge is 2.16. The molecule has 3 heterocycles. The Labute approximate surface area is 156 Å². The fourth-order valence-corrected chi connectivity index (χ4v) is 3.23. The lowest BCUT2D eigenvalue weighted by molar-refractivity contribution is 0.941. The van der Waals surface area contributed by atoms with Gasteiger partial charge in [0.15, 0.2) is 5.82 Å². The third-order valence-electron chi connectivity index (χ3n) is 4.55. The van der Waals surface area contributed by atoms with Crippen LogP contribution in [0.3, 0.4) is 0 Å². The van der Waals surface area contributed by atoms with Crippen molar-refractivity contribution in [2.24, 2.45) is 0 Å². The van der Waals surface area contributed by atoms with Crippen molar-refractivity contribution >= 4 is 5.52 Å². The molecule has 128 valence electrons. The summed E-state index contributed by atoms with van der Waals surface area (Å²) in [6.07, 6.45) is 3.56. The van der Waals surface area contributed by atoms with Crippen LogP contribution in [-0.4, -0.2) is 19.6 Å². The van der Waals surface area contributed by atoms with Crippen LogP contribution in [0.25, 0.3) is 39.4 Å². The Bertz CT molecular complexity index is 1200. The number of imidazole rings is 1. The Morgan fingerprint density at radius 3 is 1.96 bits per heavy atom. The van der Waals surface area contributed by atoms with Gasteiger partial charge in [-0.2, -0.15) is 5.10 Å². The normalized spacial score (nSPS) is 11.0. The second kappa shape index (κ2) is 6.50. The Hall–Kier alpha value is -3.79. The van der Waals surface area contributed by atoms with Crippen molar-refractivity contribution < 1.29 is 0 Å². The molecule has 5 rings (SSSR count). The molecule has 0 unspecified atom stereocenters. The van der Waals surface area contributed by atoms with Crippen molar-refractivity contribution in [1.29, 1.82) is 0 Å². The van der Waals surface area contributed by atoms with Crippen molar-refractivity contribution in [3.05, 3.63) is 97.3 Å². The second-order valence-corrected chi connectivity index (χ2v) is 6.27. The van der Waals surface area contributed by atoms with Gasteiger partial charge < -0.3 is 0 Å². The van der Waals surface area contributed by atoms with E-state index in [9.17, 15) is 0 Å². The van der Waals surface area contributed by atoms with Crippen LogP contribution >= 0.6 is 0 Å². The SMILES string of the molecule is c1ccc(-c2nc(-c3ccccc3)n3nc(-c4ccncc4)ccc23)cc1. The molecule has 0 aliphatic carbocycles. The summed E-state index contributed by atoms with van der Waals surface area (Å²) in [5, 5.41) is 4.89. The molecule has 0 saturated heterocycles. The quantitative estimate of drug-likeness (QED) is 0.454. The zero-order chi connectivity index (χ0) is 18.1. The molecular formula is C23H16N4. The van der Waals surface area contributed by atoms with Crippen molar-refractivity contribution in [3.63, 3.8) is 0 Å². The van der Waals surface area contributed by atoms with Crippen LogP contribution < -0.4 is 0 Å². The molecule has 2 aromatic carbocycles. The highest BCUT2D eigenvalue weighted by atomic mass is 15.3. The summed E-state index contributed by atoms with van der Waals surface area (Å²) in [7, 11) is 0. The first-order valence-electron chi connectivity index (χ1n) is 8.81. The van der Waals surface area contributed by atoms with Gasteiger partial charge in [-0.3, -0.25) is 4.98 Å². The van der Waals surface area contributed by atoms with Crippen LogP contribution in [-0.2, 0) is 0 Å². The van der Waals surface area contributed by atoms with Gasteiger partial charge in [0.2, 0.25) is 0 Å². The lowest BCUT2D eigenvalue weighted by Crippen LogP contribution is -1.97. The molecule has 0 bridgehead atoms. The highest BCUT2D eigenvalue weighted by molar-refractivity contribution is 5.81. The fourth-order valence-electron chi connectivity index (χ4n) is 3.23. The molecule has 0 aliphatic heterocycles. The van der Waals surface area contributed by atoms with E-state index >= 15 is 0 Å². The van der Waals surface area contributed by atoms with Gasteiger partial charge in [0, 0.05) is 29.1 Å². The summed E-state index contributed by atoms with van der Waals surface area (Å²) in [6, 6.07) is 28.4. The molecule has 4 heteroatoms. The number of fused-ring (bicyclic) bond motifs is 1. The van der Waals surface area contributed by atoms with E-state index in [1.807, 2.05) is 59.1 Å². The minimum absolute atomic E-state index is 0.834. The number of pyridine rings is 1. The average molecular weight is 348 g/mol. The van der Waals surface area contributed by atoms with Crippen molar-refractivity contribution in [3.8, 4) is 33.9 Å². The van der Waals surface area contributed by atoms with Crippen LogP contribution in [0.1, 0.15) is 0 Å². The third-order valence-corrected chi connectivity index (χ3v) is 4.55. The molecule has 0 aliphatic rings. The number of benzene rings is 2. The molecule has 0 atom stereocenters. The maximum atomic E-state index is 4.95. The summed E-state index contributed by atoms with van der Waals surface area (Å²) in [4.78, 5) is 9.05. The van der Waals surface area contributed by atoms with Crippen LogP contribution in [0, 0.1) is 0 Å². The predicted octanol–water partition coefficient (Wildman–Crippen LogP) is 5.13. The third kappa shape index (κ3) is 2.77. The van der Waals surface area contributed by atoms with Crippen molar-refractivity contribution in [2.75, 3.05) is 0 Å². The molecule has 0 N–H and O–H groups in total. The van der Waals surface area contributed by atoms with E-state index in [1.165, 1.54) is 0 Å². The van der Waals surface area contributed by atoms with Gasteiger partial charge in [-0.05, 0) is 24.3 Å². The first-order chi connectivity index (χ1) is 13.4. The molecule has 5 aromatic rings. The zero-order valence-electron chi connectivity index (χ0n) is 14.5. The van der Waals surface area contributed by atoms with Crippen molar-refractivity contribution in [2.45, 2.75) is 0 Å². The lowest BCUT2D eigenvalue weighted by atomic mass is 10.1. The topological polar surface area (TPSA) is 43.1 Å². The Morgan fingerprint density at radius 1 is 0.593 bits per heavy atom. The van der Waals surface area contributed by atoms with E-state index in [-0.39, 0.29) is 0 Å². The molecule has 0 amide bonds. The maximum absolute atomic E-state index is 4.95. The minimum atomic E-state index is 0.834. The van der Waals surface area contributed by atoms with E-state index in [1.54, 1.807) is 12.4 Å². The van der Waals surface area contributed by atoms with Gasteiger partial charge in [-0.25, -0.2) is 9.50 Å². The Kier molecular flexibility index (Phi) is 3.72. The van der Waals surface area contributed by atoms with Crippen LogP contribution in [0.15, 0.2) is 97.3 Å². The van der Waals surface area contributed by atoms with Crippen LogP contribution in [0.5, 0.6) is 0 Å². The highest BCUT2D eigenvalue weighted by Crippen LogP contribution is 2.30. The Balaban J connectivity index is 1.79. The van der Waals surface area contributed by atoms with Crippen LogP contribution in [0.2, 0.25) is 0 Å². The maximum Gasteiger partial charge on any atom is 0.162 e. The van der Waals surface area contributed by atoms with Gasteiger partial charge in [0.1, 0.15) is 0 Å². The van der Waals surface area contributed by atoms with Gasteiger partial charge in [-0.1, -0.05) is 60.7 Å². The zero-order valence-corrected chi connectivity index (χ0v) is 14.5. The van der Waals surface area contributed by atoms with Gasteiger partial charge in [0.05, 0.1) is 16.9 Å². The summed E-state index contributed by atoms with van der Waals surface area (Å²) < 4.78 is 1.94. The molecular weight excluding hydrogens is 332 g/mol. The van der Waals surface area contributed by atoms with Gasteiger partial charge >= 0.3 is 0 Å². The molecule has 0 spiro atoms. The molecule has 0 fully saturated rings. The number of aromatic nitrogens is 4. The smallest absolute Gasteiger partial charge is 0.162 e. The standard InChI is InChI=1S/C23H16N4/c1-3-7-18(8-4-1)22-21-12-11-20(17-13-15-24-16-14-17)26-27(21)23(25-22)19-9-5-2-6-10-19/h1-16H.